The van der Waals surface area contributed by atoms with Crippen LogP contribution in [0.4, 0.5) is 14.5 Å². The monoisotopic (exact) mass is 537 g/mol. The predicted molar refractivity (Wildman–Crippen MR) is 138 cm³/mol. The van der Waals surface area contributed by atoms with Crippen LogP contribution in [0.5, 0.6) is 5.75 Å². The lowest BCUT2D eigenvalue weighted by Gasteiger charge is -2.36. The van der Waals surface area contributed by atoms with Gasteiger partial charge in [-0.25, -0.2) is 24.3 Å². The van der Waals surface area contributed by atoms with Gasteiger partial charge in [0.2, 0.25) is 5.82 Å². The maximum atomic E-state index is 14.5. The molecule has 3 heterocycles. The summed E-state index contributed by atoms with van der Waals surface area (Å²) in [7, 11) is -1.21. The summed E-state index contributed by atoms with van der Waals surface area (Å²) in [6, 6.07) is 4.20. The van der Waals surface area contributed by atoms with E-state index in [9.17, 15) is 13.3 Å². The largest absolute Gasteiger partial charge is 0.490 e. The summed E-state index contributed by atoms with van der Waals surface area (Å²) in [5.74, 6) is -1.17. The SMILES string of the molecule is COCCS(O)([OH2+])NCCCOc1cc(N2CCc3nc(-c4ncccn4)ncc3C2C)cc(F)c1F. The standard InChI is InChI=1S/C24H30F2N6O4S/c1-16-18-15-29-24(23-27-6-3-7-28-23)31-20(18)5-9-32(16)17-13-19(25)22(26)21(14-17)36-10-4-8-30-37(33,34)12-11-35-2/h3,6-7,13-16,30,33-34H,4-5,8-12H2,1-2H3/p+1. The van der Waals surface area contributed by atoms with Gasteiger partial charge in [-0.3, -0.25) is 4.55 Å². The Balaban J connectivity index is 1.42. The molecule has 1 aliphatic heterocycles. The van der Waals surface area contributed by atoms with E-state index in [1.165, 1.54) is 13.2 Å². The molecule has 200 valence electrons. The zero-order chi connectivity index (χ0) is 26.4. The predicted octanol–water partition coefficient (Wildman–Crippen LogP) is 3.17. The fourth-order valence-corrected chi connectivity index (χ4v) is 5.07. The molecular formula is C24H31F2N6O4S+. The van der Waals surface area contributed by atoms with Crippen LogP contribution in [-0.4, -0.2) is 68.2 Å². The maximum absolute atomic E-state index is 14.5. The minimum atomic E-state index is -2.71. The Hall–Kier alpha value is -2.97. The molecule has 3 aromatic rings. The molecule has 2 atom stereocenters. The first-order valence-corrected chi connectivity index (χ1v) is 13.6. The number of aromatic nitrogens is 4. The summed E-state index contributed by atoms with van der Waals surface area (Å²) in [4.78, 5) is 19.4. The molecule has 0 aliphatic carbocycles. The van der Waals surface area contributed by atoms with Crippen molar-refractivity contribution in [1.29, 1.82) is 0 Å². The number of ether oxygens (including phenoxy) is 2. The average Bonchev–Trinajstić information content (AvgIpc) is 2.90. The van der Waals surface area contributed by atoms with Gasteiger partial charge in [0.25, 0.3) is 0 Å². The summed E-state index contributed by atoms with van der Waals surface area (Å²) in [5, 5.41) is 0. The van der Waals surface area contributed by atoms with Gasteiger partial charge >= 0.3 is 0 Å². The van der Waals surface area contributed by atoms with Crippen molar-refractivity contribution in [2.75, 3.05) is 44.1 Å². The second-order valence-corrected chi connectivity index (χ2v) is 10.6. The van der Waals surface area contributed by atoms with Crippen LogP contribution in [0.25, 0.3) is 11.6 Å². The van der Waals surface area contributed by atoms with Crippen molar-refractivity contribution >= 4 is 16.5 Å². The number of anilines is 1. The van der Waals surface area contributed by atoms with Crippen LogP contribution in [0.2, 0.25) is 0 Å². The minimum absolute atomic E-state index is 0.0865. The lowest BCUT2D eigenvalue weighted by Crippen LogP contribution is -2.35. The summed E-state index contributed by atoms with van der Waals surface area (Å²) in [6.45, 7) is 3.15. The van der Waals surface area contributed by atoms with Gasteiger partial charge in [0.15, 0.2) is 23.2 Å². The molecule has 4 rings (SSSR count). The van der Waals surface area contributed by atoms with E-state index in [-0.39, 0.29) is 30.8 Å². The van der Waals surface area contributed by atoms with Crippen LogP contribution in [0.1, 0.15) is 30.6 Å². The fourth-order valence-electron chi connectivity index (χ4n) is 4.03. The molecule has 0 saturated carbocycles. The minimum Gasteiger partial charge on any atom is -0.490 e. The third-order valence-electron chi connectivity index (χ3n) is 5.99. The van der Waals surface area contributed by atoms with Gasteiger partial charge in [0.1, 0.15) is 5.75 Å². The van der Waals surface area contributed by atoms with Gasteiger partial charge < -0.3 is 18.9 Å². The first-order chi connectivity index (χ1) is 17.8. The van der Waals surface area contributed by atoms with Crippen molar-refractivity contribution in [2.24, 2.45) is 0 Å². The summed E-state index contributed by atoms with van der Waals surface area (Å²) >= 11 is 0. The van der Waals surface area contributed by atoms with Crippen LogP contribution < -0.4 is 14.4 Å². The van der Waals surface area contributed by atoms with Gasteiger partial charge in [0.05, 0.1) is 24.9 Å². The summed E-state index contributed by atoms with van der Waals surface area (Å²) in [6.07, 6.45) is 5.98. The molecule has 0 bridgehead atoms. The number of rotatable bonds is 11. The highest BCUT2D eigenvalue weighted by Gasteiger charge is 2.28. The van der Waals surface area contributed by atoms with E-state index in [0.717, 1.165) is 17.3 Å². The van der Waals surface area contributed by atoms with E-state index in [0.29, 0.717) is 43.3 Å². The summed E-state index contributed by atoms with van der Waals surface area (Å²) in [5.41, 5.74) is 2.25. The molecule has 0 saturated heterocycles. The fraction of sp³-hybridized carbons (Fsp3) is 0.417. The van der Waals surface area contributed by atoms with Crippen LogP contribution in [0, 0.1) is 11.6 Å². The number of nitrogens with one attached hydrogen (secondary N) is 1. The second kappa shape index (κ2) is 12.0. The van der Waals surface area contributed by atoms with E-state index in [1.807, 2.05) is 11.8 Å². The lowest BCUT2D eigenvalue weighted by atomic mass is 9.98. The van der Waals surface area contributed by atoms with Crippen LogP contribution >= 0.6 is 10.8 Å². The Labute approximate surface area is 215 Å². The second-order valence-electron chi connectivity index (χ2n) is 8.52. The van der Waals surface area contributed by atoms with Gasteiger partial charge in [-0.2, -0.15) is 9.11 Å². The first kappa shape index (κ1) is 27.1. The molecule has 37 heavy (non-hydrogen) atoms. The number of hydrogen-bond donors (Lipinski definition) is 2. The van der Waals surface area contributed by atoms with Gasteiger partial charge in [-0.1, -0.05) is 0 Å². The van der Waals surface area contributed by atoms with E-state index in [1.54, 1.807) is 24.7 Å². The van der Waals surface area contributed by atoms with Gasteiger partial charge in [0, 0.05) is 68.6 Å². The number of fused-ring (bicyclic) bond motifs is 1. The molecule has 13 heteroatoms. The van der Waals surface area contributed by atoms with E-state index in [4.69, 9.17) is 14.0 Å². The van der Waals surface area contributed by atoms with Gasteiger partial charge in [-0.15, -0.1) is 0 Å². The smallest absolute Gasteiger partial charge is 0.200 e. The van der Waals surface area contributed by atoms with Crippen molar-refractivity contribution in [1.82, 2.24) is 24.7 Å². The number of methoxy groups -OCH3 is 1. The highest BCUT2D eigenvalue weighted by molar-refractivity contribution is 8.22. The number of hydrogen-bond acceptors (Lipinski definition) is 9. The van der Waals surface area contributed by atoms with Crippen LogP contribution in [-0.2, 0) is 11.2 Å². The Morgan fingerprint density at radius 2 is 1.97 bits per heavy atom. The van der Waals surface area contributed by atoms with Crippen LogP contribution in [0.15, 0.2) is 36.8 Å². The molecule has 0 spiro atoms. The first-order valence-electron chi connectivity index (χ1n) is 11.8. The highest BCUT2D eigenvalue weighted by Crippen LogP contribution is 2.36. The molecule has 1 aromatic carbocycles. The molecule has 0 amide bonds. The molecule has 10 nitrogen and oxygen atoms in total. The number of nitrogens with zero attached hydrogens (tertiary/aromatic N) is 5. The van der Waals surface area contributed by atoms with E-state index < -0.39 is 22.4 Å². The van der Waals surface area contributed by atoms with Crippen molar-refractivity contribution in [2.45, 2.75) is 25.8 Å². The van der Waals surface area contributed by atoms with E-state index in [2.05, 4.69) is 24.7 Å². The molecule has 2 unspecified atom stereocenters. The molecule has 0 fully saturated rings. The Morgan fingerprint density at radius 1 is 1.19 bits per heavy atom. The highest BCUT2D eigenvalue weighted by atomic mass is 32.3. The zero-order valence-electron chi connectivity index (χ0n) is 20.7. The Bertz CT molecular complexity index is 1210. The summed E-state index contributed by atoms with van der Waals surface area (Å²) < 4.78 is 60.0. The maximum Gasteiger partial charge on any atom is 0.200 e. The van der Waals surface area contributed by atoms with Crippen molar-refractivity contribution < 1.29 is 27.4 Å². The molecule has 4 N–H and O–H groups in total. The third-order valence-corrected chi connectivity index (χ3v) is 7.43. The number of halogens is 2. The molecule has 0 radical (unpaired) electrons. The van der Waals surface area contributed by atoms with Crippen molar-refractivity contribution in [3.05, 3.63) is 59.7 Å². The van der Waals surface area contributed by atoms with Crippen molar-refractivity contribution in [3.63, 3.8) is 0 Å². The molecular weight excluding hydrogens is 506 g/mol. The normalized spacial score (nSPS) is 17.7. The Kier molecular flexibility index (Phi) is 8.82. The topological polar surface area (TPSA) is 128 Å². The molecule has 2 aromatic heterocycles. The lowest BCUT2D eigenvalue weighted by molar-refractivity contribution is 0.214. The Morgan fingerprint density at radius 3 is 2.73 bits per heavy atom. The quantitative estimate of drug-likeness (QED) is 0.280. The number of benzene rings is 1. The zero-order valence-corrected chi connectivity index (χ0v) is 21.5. The van der Waals surface area contributed by atoms with Crippen LogP contribution in [0.3, 0.4) is 0 Å². The molecule has 1 aliphatic rings. The van der Waals surface area contributed by atoms with E-state index >= 15 is 0 Å². The average molecular weight is 538 g/mol. The van der Waals surface area contributed by atoms with Crippen molar-refractivity contribution in [3.8, 4) is 17.4 Å². The third kappa shape index (κ3) is 6.67. The van der Waals surface area contributed by atoms with Gasteiger partial charge in [-0.05, 0) is 30.2 Å².